The van der Waals surface area contributed by atoms with Gasteiger partial charge in [0.25, 0.3) is 0 Å². The fourth-order valence-electron chi connectivity index (χ4n) is 2.52. The van der Waals surface area contributed by atoms with Gasteiger partial charge in [-0.05, 0) is 37.3 Å². The Kier molecular flexibility index (Phi) is 5.18. The number of carbonyl (C=O) groups excluding carboxylic acids is 1. The summed E-state index contributed by atoms with van der Waals surface area (Å²) >= 11 is 1.70. The second-order valence-corrected chi connectivity index (χ2v) is 7.12. The molecular formula is C15H25N3OS. The Balaban J connectivity index is 1.86. The zero-order valence-electron chi connectivity index (χ0n) is 12.5. The molecule has 1 fully saturated rings. The van der Waals surface area contributed by atoms with Crippen LogP contribution in [0.25, 0.3) is 0 Å². The van der Waals surface area contributed by atoms with Crippen LogP contribution in [0.4, 0.5) is 0 Å². The molecule has 0 aromatic carbocycles. The molecule has 1 aliphatic heterocycles. The number of hydrogen-bond donors (Lipinski definition) is 3. The molecule has 0 radical (unpaired) electrons. The van der Waals surface area contributed by atoms with Crippen molar-refractivity contribution in [1.82, 2.24) is 16.0 Å². The highest BCUT2D eigenvalue weighted by Crippen LogP contribution is 2.25. The van der Waals surface area contributed by atoms with Gasteiger partial charge in [-0.2, -0.15) is 0 Å². The first kappa shape index (κ1) is 15.5. The summed E-state index contributed by atoms with van der Waals surface area (Å²) in [5.74, 6) is 0.464. The van der Waals surface area contributed by atoms with Crippen LogP contribution >= 0.6 is 11.3 Å². The monoisotopic (exact) mass is 295 g/mol. The first-order chi connectivity index (χ1) is 9.50. The minimum absolute atomic E-state index is 0.0492. The summed E-state index contributed by atoms with van der Waals surface area (Å²) in [5.41, 5.74) is 0.0492. The molecule has 1 aromatic rings. The Morgan fingerprint density at radius 1 is 1.55 bits per heavy atom. The van der Waals surface area contributed by atoms with E-state index >= 15 is 0 Å². The van der Waals surface area contributed by atoms with E-state index in [1.807, 2.05) is 6.07 Å². The van der Waals surface area contributed by atoms with Crippen molar-refractivity contribution in [1.29, 1.82) is 0 Å². The third-order valence-electron chi connectivity index (χ3n) is 3.88. The molecule has 5 heteroatoms. The van der Waals surface area contributed by atoms with E-state index in [9.17, 15) is 4.79 Å². The van der Waals surface area contributed by atoms with Crippen molar-refractivity contribution in [3.8, 4) is 0 Å². The van der Waals surface area contributed by atoms with Gasteiger partial charge in [-0.25, -0.2) is 0 Å². The van der Waals surface area contributed by atoms with Crippen LogP contribution in [-0.4, -0.2) is 31.1 Å². The van der Waals surface area contributed by atoms with Gasteiger partial charge in [-0.3, -0.25) is 4.79 Å². The normalized spacial score (nSPS) is 24.0. The summed E-state index contributed by atoms with van der Waals surface area (Å²) in [6, 6.07) is 4.23. The van der Waals surface area contributed by atoms with Gasteiger partial charge in [0.1, 0.15) is 0 Å². The van der Waals surface area contributed by atoms with Crippen LogP contribution in [0.3, 0.4) is 0 Å². The second-order valence-electron chi connectivity index (χ2n) is 6.15. The lowest BCUT2D eigenvalue weighted by Gasteiger charge is -2.26. The molecule has 20 heavy (non-hydrogen) atoms. The van der Waals surface area contributed by atoms with Crippen LogP contribution in [-0.2, 0) is 4.79 Å². The zero-order valence-corrected chi connectivity index (χ0v) is 13.3. The Morgan fingerprint density at radius 2 is 2.35 bits per heavy atom. The summed E-state index contributed by atoms with van der Waals surface area (Å²) in [6.45, 7) is 8.78. The molecule has 4 nitrogen and oxygen atoms in total. The van der Waals surface area contributed by atoms with Crippen LogP contribution < -0.4 is 16.0 Å². The van der Waals surface area contributed by atoms with Crippen LogP contribution in [0.5, 0.6) is 0 Å². The van der Waals surface area contributed by atoms with Gasteiger partial charge in [0.05, 0.1) is 12.6 Å². The van der Waals surface area contributed by atoms with E-state index in [0.29, 0.717) is 12.5 Å². The molecule has 2 unspecified atom stereocenters. The van der Waals surface area contributed by atoms with Gasteiger partial charge in [0.2, 0.25) is 5.91 Å². The number of nitrogens with one attached hydrogen (secondary N) is 3. The number of thiophene rings is 1. The number of amides is 1. The molecule has 0 spiro atoms. The lowest BCUT2D eigenvalue weighted by atomic mass is 10.0. The van der Waals surface area contributed by atoms with Gasteiger partial charge >= 0.3 is 0 Å². The summed E-state index contributed by atoms with van der Waals surface area (Å²) in [5, 5.41) is 11.9. The molecular weight excluding hydrogens is 270 g/mol. The highest BCUT2D eigenvalue weighted by molar-refractivity contribution is 7.10. The minimum Gasteiger partial charge on any atom is -0.347 e. The molecule has 1 amide bonds. The van der Waals surface area contributed by atoms with E-state index in [1.165, 1.54) is 4.88 Å². The molecule has 2 atom stereocenters. The topological polar surface area (TPSA) is 53.2 Å². The van der Waals surface area contributed by atoms with Gasteiger partial charge in [0, 0.05) is 17.0 Å². The Morgan fingerprint density at radius 3 is 2.90 bits per heavy atom. The Labute approximate surface area is 125 Å². The molecule has 0 aliphatic carbocycles. The van der Waals surface area contributed by atoms with Crippen molar-refractivity contribution in [3.05, 3.63) is 22.4 Å². The van der Waals surface area contributed by atoms with Gasteiger partial charge in [0.15, 0.2) is 0 Å². The number of carbonyl (C=O) groups is 1. The average molecular weight is 295 g/mol. The van der Waals surface area contributed by atoms with Crippen LogP contribution in [0.15, 0.2) is 17.5 Å². The number of hydrogen-bond acceptors (Lipinski definition) is 4. The summed E-state index contributed by atoms with van der Waals surface area (Å²) in [7, 11) is 0. The van der Waals surface area contributed by atoms with Gasteiger partial charge in [-0.15, -0.1) is 11.3 Å². The maximum absolute atomic E-state index is 12.2. The predicted octanol–water partition coefficient (Wildman–Crippen LogP) is 1.90. The Bertz CT molecular complexity index is 424. The molecule has 0 bridgehead atoms. The van der Waals surface area contributed by atoms with E-state index in [4.69, 9.17) is 0 Å². The number of rotatable bonds is 6. The van der Waals surface area contributed by atoms with E-state index in [2.05, 4.69) is 48.2 Å². The molecule has 3 N–H and O–H groups in total. The largest absolute Gasteiger partial charge is 0.347 e. The van der Waals surface area contributed by atoms with Crippen molar-refractivity contribution in [3.63, 3.8) is 0 Å². The first-order valence-corrected chi connectivity index (χ1v) is 8.17. The summed E-state index contributed by atoms with van der Waals surface area (Å²) < 4.78 is 0. The smallest absolute Gasteiger partial charge is 0.234 e. The maximum Gasteiger partial charge on any atom is 0.234 e. The van der Waals surface area contributed by atoms with Crippen LogP contribution in [0.1, 0.15) is 38.1 Å². The molecule has 2 heterocycles. The van der Waals surface area contributed by atoms with Gasteiger partial charge in [-0.1, -0.05) is 19.9 Å². The molecule has 112 valence electrons. The van der Waals surface area contributed by atoms with E-state index in [0.717, 1.165) is 19.5 Å². The van der Waals surface area contributed by atoms with E-state index in [1.54, 1.807) is 11.3 Å². The molecule has 1 aliphatic rings. The van der Waals surface area contributed by atoms with Crippen LogP contribution in [0, 0.1) is 5.92 Å². The zero-order chi connectivity index (χ0) is 14.6. The molecule has 1 saturated heterocycles. The second kappa shape index (κ2) is 6.70. The van der Waals surface area contributed by atoms with Crippen molar-refractivity contribution < 1.29 is 4.79 Å². The lowest BCUT2D eigenvalue weighted by molar-refractivity contribution is -0.121. The highest BCUT2D eigenvalue weighted by atomic mass is 32.1. The SMILES string of the molecule is CC(C)C(NC(=O)CNC1(C)CCNC1)c1cccs1. The summed E-state index contributed by atoms with van der Waals surface area (Å²) in [4.78, 5) is 13.4. The third kappa shape index (κ3) is 4.04. The van der Waals surface area contributed by atoms with Crippen molar-refractivity contribution >= 4 is 17.2 Å². The standard InChI is InChI=1S/C15H25N3OS/c1-11(2)14(12-5-4-8-20-12)18-13(19)9-17-15(3)6-7-16-10-15/h4-5,8,11,14,16-17H,6-7,9-10H2,1-3H3,(H,18,19). The van der Waals surface area contributed by atoms with E-state index in [-0.39, 0.29) is 17.5 Å². The lowest BCUT2D eigenvalue weighted by Crippen LogP contribution is -2.49. The van der Waals surface area contributed by atoms with Gasteiger partial charge < -0.3 is 16.0 Å². The fourth-order valence-corrected chi connectivity index (χ4v) is 3.47. The fraction of sp³-hybridized carbons (Fsp3) is 0.667. The van der Waals surface area contributed by atoms with Crippen molar-refractivity contribution in [2.75, 3.05) is 19.6 Å². The minimum atomic E-state index is 0.0492. The quantitative estimate of drug-likeness (QED) is 0.751. The van der Waals surface area contributed by atoms with Crippen molar-refractivity contribution in [2.45, 2.75) is 38.8 Å². The summed E-state index contributed by atoms with van der Waals surface area (Å²) in [6.07, 6.45) is 1.07. The molecule has 1 aromatic heterocycles. The highest BCUT2D eigenvalue weighted by Gasteiger charge is 2.28. The first-order valence-electron chi connectivity index (χ1n) is 7.29. The third-order valence-corrected chi connectivity index (χ3v) is 4.83. The van der Waals surface area contributed by atoms with Crippen LogP contribution in [0.2, 0.25) is 0 Å². The van der Waals surface area contributed by atoms with E-state index < -0.39 is 0 Å². The average Bonchev–Trinajstić information content (AvgIpc) is 3.05. The predicted molar refractivity (Wildman–Crippen MR) is 83.9 cm³/mol. The van der Waals surface area contributed by atoms with Crippen molar-refractivity contribution in [2.24, 2.45) is 5.92 Å². The maximum atomic E-state index is 12.2. The molecule has 0 saturated carbocycles. The Hall–Kier alpha value is -0.910. The molecule has 2 rings (SSSR count).